The van der Waals surface area contributed by atoms with Crippen LogP contribution >= 0.6 is 11.8 Å². The van der Waals surface area contributed by atoms with Crippen molar-refractivity contribution in [2.24, 2.45) is 17.1 Å². The smallest absolute Gasteiger partial charge is 0.322 e. The van der Waals surface area contributed by atoms with E-state index in [2.05, 4.69) is 29.7 Å². The molecule has 0 bridgehead atoms. The highest BCUT2D eigenvalue weighted by atomic mass is 32.2. The van der Waals surface area contributed by atoms with E-state index in [0.717, 1.165) is 50.5 Å². The van der Waals surface area contributed by atoms with Crippen molar-refractivity contribution in [2.45, 2.75) is 88.5 Å². The van der Waals surface area contributed by atoms with Crippen molar-refractivity contribution in [3.8, 4) is 0 Å². The van der Waals surface area contributed by atoms with Gasteiger partial charge in [0.1, 0.15) is 30.3 Å². The summed E-state index contributed by atoms with van der Waals surface area (Å²) >= 11 is 1.45. The van der Waals surface area contributed by atoms with Crippen molar-refractivity contribution in [3.05, 3.63) is 58.9 Å². The summed E-state index contributed by atoms with van der Waals surface area (Å²) in [4.78, 5) is 61.3. The lowest BCUT2D eigenvalue weighted by atomic mass is 9.76. The molecule has 0 spiro atoms. The van der Waals surface area contributed by atoms with Gasteiger partial charge in [-0.25, -0.2) is 0 Å². The largest absolute Gasteiger partial charge is 0.480 e. The molecule has 0 aromatic heterocycles. The number of nitrogens with one attached hydrogen (secondary N) is 2. The summed E-state index contributed by atoms with van der Waals surface area (Å²) in [6.45, 7) is 1.51. The molecule has 1 aliphatic heterocycles. The number of hydrogen-bond donors (Lipinski definition) is 5. The molecule has 6 N–H and O–H groups in total. The molecule has 0 unspecified atom stereocenters. The zero-order valence-electron chi connectivity index (χ0n) is 25.6. The Kier molecular flexibility index (Phi) is 11.8. The maximum absolute atomic E-state index is 13.3. The monoisotopic (exact) mass is 641 g/mol. The summed E-state index contributed by atoms with van der Waals surface area (Å²) in [5.74, 6) is -3.67. The van der Waals surface area contributed by atoms with Gasteiger partial charge in [-0.3, -0.25) is 24.0 Å². The summed E-state index contributed by atoms with van der Waals surface area (Å²) < 4.78 is 6.09. The van der Waals surface area contributed by atoms with Gasteiger partial charge in [-0.1, -0.05) is 61.7 Å². The highest BCUT2D eigenvalue weighted by Gasteiger charge is 2.48. The minimum absolute atomic E-state index is 0.0999. The Bertz CT molecular complexity index is 1340. The van der Waals surface area contributed by atoms with Gasteiger partial charge >= 0.3 is 17.9 Å². The van der Waals surface area contributed by atoms with Crippen molar-refractivity contribution in [3.63, 3.8) is 0 Å². The molecule has 1 fully saturated rings. The Labute approximate surface area is 267 Å². The Morgan fingerprint density at radius 3 is 2.47 bits per heavy atom. The van der Waals surface area contributed by atoms with Gasteiger partial charge < -0.3 is 31.3 Å². The lowest BCUT2D eigenvalue weighted by Gasteiger charge is -2.38. The summed E-state index contributed by atoms with van der Waals surface area (Å²) in [6.07, 6.45) is 8.78. The standard InChI is InChI=1S/C33H43N3O8S/c1-2-33(14-6-7-15-33)29(28-22-11-10-21(17-23(22)32(43)44-28)16-20-8-4-3-5-9-20)45-19-25(30(40)35-18-27(38)39)36-26(37)13-12-24(34)31(41)42/h3-5,8-9,17,23-25,29H,2,6-7,10-16,18-19,34H2,1H3,(H,35,40)(H,36,37)(H,38,39)(H,41,42)/t23-,24+,25+,29+/m1/s1. The van der Waals surface area contributed by atoms with Crippen LogP contribution in [0.3, 0.4) is 0 Å². The number of carbonyl (C=O) groups excluding carboxylic acids is 3. The van der Waals surface area contributed by atoms with E-state index in [1.54, 1.807) is 0 Å². The van der Waals surface area contributed by atoms with E-state index in [9.17, 15) is 24.0 Å². The molecule has 1 aromatic rings. The number of thioether (sulfide) groups is 1. The fourth-order valence-corrected chi connectivity index (χ4v) is 8.30. The molecule has 244 valence electrons. The van der Waals surface area contributed by atoms with Gasteiger partial charge in [0.05, 0.1) is 5.25 Å². The summed E-state index contributed by atoms with van der Waals surface area (Å²) in [7, 11) is 0. The van der Waals surface area contributed by atoms with E-state index in [-0.39, 0.29) is 35.2 Å². The zero-order chi connectivity index (χ0) is 32.6. The highest BCUT2D eigenvalue weighted by Crippen LogP contribution is 2.54. The number of cyclic esters (lactones) is 1. The third-order valence-electron chi connectivity index (χ3n) is 9.14. The SMILES string of the molecule is CCC1([C@@H](SC[C@H](NC(=O)CC[C@H](N)C(=O)O)C(=O)NCC(=O)O)C2=C3CCC(Cc4ccccc4)=C[C@H]3C(=O)O2)CCCC1. The first-order valence-corrected chi connectivity index (χ1v) is 16.6. The molecular weight excluding hydrogens is 598 g/mol. The van der Waals surface area contributed by atoms with Crippen molar-refractivity contribution in [1.82, 2.24) is 10.6 Å². The topological polar surface area (TPSA) is 185 Å². The number of fused-ring (bicyclic) bond motifs is 1. The first kappa shape index (κ1) is 34.2. The van der Waals surface area contributed by atoms with Gasteiger partial charge in [0, 0.05) is 12.2 Å². The number of amides is 2. The van der Waals surface area contributed by atoms with Gasteiger partial charge in [-0.2, -0.15) is 0 Å². The van der Waals surface area contributed by atoms with Crippen LogP contribution in [0.15, 0.2) is 53.3 Å². The van der Waals surface area contributed by atoms with Crippen molar-refractivity contribution >= 4 is 41.5 Å². The van der Waals surface area contributed by atoms with Gasteiger partial charge in [-0.05, 0) is 61.5 Å². The summed E-state index contributed by atoms with van der Waals surface area (Å²) in [5.41, 5.74) is 8.73. The number of aliphatic carboxylic acids is 2. The number of carbonyl (C=O) groups is 5. The van der Waals surface area contributed by atoms with E-state index in [4.69, 9.17) is 20.7 Å². The second-order valence-corrected chi connectivity index (χ2v) is 13.3. The van der Waals surface area contributed by atoms with Crippen LogP contribution in [0.1, 0.15) is 70.3 Å². The summed E-state index contributed by atoms with van der Waals surface area (Å²) in [5, 5.41) is 22.9. The van der Waals surface area contributed by atoms with E-state index < -0.39 is 48.3 Å². The number of carboxylic acid groups (broad SMARTS) is 2. The molecule has 1 saturated carbocycles. The molecule has 12 heteroatoms. The number of benzene rings is 1. The molecule has 45 heavy (non-hydrogen) atoms. The molecule has 1 heterocycles. The van der Waals surface area contributed by atoms with Crippen LogP contribution in [0.5, 0.6) is 0 Å². The van der Waals surface area contributed by atoms with Crippen molar-refractivity contribution in [1.29, 1.82) is 0 Å². The molecule has 4 atom stereocenters. The van der Waals surface area contributed by atoms with Gasteiger partial charge in [0.2, 0.25) is 11.8 Å². The number of nitrogens with two attached hydrogens (primary N) is 1. The molecule has 2 amide bonds. The molecule has 1 aromatic carbocycles. The van der Waals surface area contributed by atoms with E-state index in [1.165, 1.54) is 22.9 Å². The molecule has 3 aliphatic rings. The number of rotatable bonds is 16. The maximum atomic E-state index is 13.3. The molecular formula is C33H43N3O8S. The lowest BCUT2D eigenvalue weighted by Crippen LogP contribution is -2.50. The predicted octanol–water partition coefficient (Wildman–Crippen LogP) is 3.33. The van der Waals surface area contributed by atoms with Crippen LogP contribution < -0.4 is 16.4 Å². The summed E-state index contributed by atoms with van der Waals surface area (Å²) in [6, 6.07) is 7.81. The minimum Gasteiger partial charge on any atom is -0.480 e. The molecule has 0 radical (unpaired) electrons. The second kappa shape index (κ2) is 15.6. The van der Waals surface area contributed by atoms with Crippen LogP contribution in [0.2, 0.25) is 0 Å². The molecule has 4 rings (SSSR count). The second-order valence-electron chi connectivity index (χ2n) is 12.1. The van der Waals surface area contributed by atoms with E-state index >= 15 is 0 Å². The van der Waals surface area contributed by atoms with Crippen molar-refractivity contribution < 1.29 is 38.9 Å². The zero-order valence-corrected chi connectivity index (χ0v) is 26.4. The maximum Gasteiger partial charge on any atom is 0.322 e. The normalized spacial score (nSPS) is 20.8. The van der Waals surface area contributed by atoms with Gasteiger partial charge in [0.25, 0.3) is 0 Å². The van der Waals surface area contributed by atoms with Crippen LogP contribution in [0.4, 0.5) is 0 Å². The number of esters is 1. The van der Waals surface area contributed by atoms with Crippen LogP contribution in [-0.4, -0.2) is 69.6 Å². The fraction of sp³-hybridized carbons (Fsp3) is 0.545. The first-order valence-electron chi connectivity index (χ1n) is 15.6. The van der Waals surface area contributed by atoms with E-state index in [0.29, 0.717) is 12.2 Å². The average Bonchev–Trinajstić information content (AvgIpc) is 3.64. The van der Waals surface area contributed by atoms with Crippen LogP contribution in [-0.2, 0) is 35.1 Å². The molecule has 11 nitrogen and oxygen atoms in total. The third kappa shape index (κ3) is 8.76. The third-order valence-corrected chi connectivity index (χ3v) is 10.7. The molecule has 0 saturated heterocycles. The molecule has 2 aliphatic carbocycles. The minimum atomic E-state index is -1.23. The number of ether oxygens (including phenoxy) is 1. The van der Waals surface area contributed by atoms with Crippen molar-refractivity contribution in [2.75, 3.05) is 12.3 Å². The Morgan fingerprint density at radius 1 is 1.11 bits per heavy atom. The van der Waals surface area contributed by atoms with Gasteiger partial charge in [0.15, 0.2) is 0 Å². The van der Waals surface area contributed by atoms with E-state index in [1.807, 2.05) is 24.3 Å². The predicted molar refractivity (Wildman–Crippen MR) is 169 cm³/mol. The average molecular weight is 642 g/mol. The Hall–Kier alpha value is -3.64. The highest BCUT2D eigenvalue weighted by molar-refractivity contribution is 8.00. The number of allylic oxidation sites excluding steroid dienone is 1. The first-order chi connectivity index (χ1) is 21.5. The number of hydrogen-bond acceptors (Lipinski definition) is 8. The van der Waals surface area contributed by atoms with Gasteiger partial charge in [-0.15, -0.1) is 11.8 Å². The lowest BCUT2D eigenvalue weighted by molar-refractivity contribution is -0.140. The number of carboxylic acids is 2. The Morgan fingerprint density at radius 2 is 1.82 bits per heavy atom. The van der Waals surface area contributed by atoms with Crippen LogP contribution in [0, 0.1) is 11.3 Å². The fourth-order valence-electron chi connectivity index (χ4n) is 6.57. The Balaban J connectivity index is 1.57. The van der Waals surface area contributed by atoms with Crippen LogP contribution in [0.25, 0.3) is 0 Å². The quantitative estimate of drug-likeness (QED) is 0.132.